The Kier molecular flexibility index (Phi) is 6.39. The van der Waals surface area contributed by atoms with Crippen molar-refractivity contribution in [2.24, 2.45) is 4.99 Å². The lowest BCUT2D eigenvalue weighted by molar-refractivity contribution is 0.662. The highest BCUT2D eigenvalue weighted by molar-refractivity contribution is 7.09. The summed E-state index contributed by atoms with van der Waals surface area (Å²) in [4.78, 5) is 13.2. The highest BCUT2D eigenvalue weighted by Crippen LogP contribution is 2.18. The molecule has 0 unspecified atom stereocenters. The first kappa shape index (κ1) is 16.5. The van der Waals surface area contributed by atoms with Crippen molar-refractivity contribution >= 4 is 17.3 Å². The second-order valence-electron chi connectivity index (χ2n) is 5.24. The molecule has 120 valence electrons. The minimum atomic E-state index is 0.468. The lowest BCUT2D eigenvalue weighted by Gasteiger charge is -2.11. The third-order valence-corrected chi connectivity index (χ3v) is 3.95. The average molecular weight is 320 g/mol. The van der Waals surface area contributed by atoms with Crippen molar-refractivity contribution in [1.29, 1.82) is 0 Å². The summed E-state index contributed by atoms with van der Waals surface area (Å²) in [6.45, 7) is 9.49. The van der Waals surface area contributed by atoms with Gasteiger partial charge in [0, 0.05) is 37.4 Å². The Hall–Kier alpha value is -1.89. The molecule has 0 atom stereocenters. The number of guanidine groups is 1. The standard InChI is InChI=1S/C15H24N6S/c1-4-17-15(18-6-8-21-7-5-16-11-21)19-9-14-20-13(10-22-14)12(2)3/h5,7,10-12H,4,6,8-9H2,1-3H3,(H2,17,18,19). The van der Waals surface area contributed by atoms with Gasteiger partial charge in [-0.25, -0.2) is 15.0 Å². The van der Waals surface area contributed by atoms with Crippen molar-refractivity contribution in [3.05, 3.63) is 34.8 Å². The number of rotatable bonds is 7. The van der Waals surface area contributed by atoms with E-state index in [-0.39, 0.29) is 0 Å². The fourth-order valence-electron chi connectivity index (χ4n) is 1.87. The Bertz CT molecular complexity index is 573. The Morgan fingerprint density at radius 1 is 1.41 bits per heavy atom. The Balaban J connectivity index is 1.85. The Morgan fingerprint density at radius 2 is 2.27 bits per heavy atom. The van der Waals surface area contributed by atoms with E-state index in [0.717, 1.165) is 36.3 Å². The molecule has 2 aromatic rings. The summed E-state index contributed by atoms with van der Waals surface area (Å²) in [5, 5.41) is 9.75. The van der Waals surface area contributed by atoms with Crippen LogP contribution >= 0.6 is 11.3 Å². The molecule has 7 heteroatoms. The molecule has 0 bridgehead atoms. The van der Waals surface area contributed by atoms with Crippen LogP contribution in [0.25, 0.3) is 0 Å². The predicted octanol–water partition coefficient (Wildman–Crippen LogP) is 2.22. The maximum absolute atomic E-state index is 4.61. The number of aliphatic imine (C=N–C) groups is 1. The molecule has 0 aliphatic heterocycles. The van der Waals surface area contributed by atoms with Gasteiger partial charge in [-0.2, -0.15) is 0 Å². The van der Waals surface area contributed by atoms with Crippen LogP contribution in [0.1, 0.15) is 37.4 Å². The van der Waals surface area contributed by atoms with Crippen LogP contribution in [-0.2, 0) is 13.1 Å². The first-order chi connectivity index (χ1) is 10.7. The van der Waals surface area contributed by atoms with Crippen LogP contribution in [0.4, 0.5) is 0 Å². The van der Waals surface area contributed by atoms with Gasteiger partial charge in [0.25, 0.3) is 0 Å². The van der Waals surface area contributed by atoms with Crippen LogP contribution < -0.4 is 10.6 Å². The molecule has 0 saturated heterocycles. The van der Waals surface area contributed by atoms with Crippen LogP contribution in [0, 0.1) is 0 Å². The Morgan fingerprint density at radius 3 is 2.91 bits per heavy atom. The fraction of sp³-hybridized carbons (Fsp3) is 0.533. The molecule has 0 spiro atoms. The van der Waals surface area contributed by atoms with Crippen LogP contribution in [0.5, 0.6) is 0 Å². The maximum Gasteiger partial charge on any atom is 0.191 e. The lowest BCUT2D eigenvalue weighted by Crippen LogP contribution is -2.38. The lowest BCUT2D eigenvalue weighted by atomic mass is 10.2. The van der Waals surface area contributed by atoms with Gasteiger partial charge in [0.1, 0.15) is 5.01 Å². The van der Waals surface area contributed by atoms with E-state index in [1.54, 1.807) is 17.5 Å². The average Bonchev–Trinajstić information content (AvgIpc) is 3.16. The normalized spacial score (nSPS) is 11.9. The minimum Gasteiger partial charge on any atom is -0.357 e. The van der Waals surface area contributed by atoms with Crippen LogP contribution in [0.15, 0.2) is 29.1 Å². The van der Waals surface area contributed by atoms with Gasteiger partial charge in [0.15, 0.2) is 5.96 Å². The molecule has 6 nitrogen and oxygen atoms in total. The van der Waals surface area contributed by atoms with Gasteiger partial charge in [-0.1, -0.05) is 13.8 Å². The van der Waals surface area contributed by atoms with Crippen molar-refractivity contribution in [3.63, 3.8) is 0 Å². The molecule has 2 aromatic heterocycles. The summed E-state index contributed by atoms with van der Waals surface area (Å²) >= 11 is 1.67. The van der Waals surface area contributed by atoms with Gasteiger partial charge in [0.05, 0.1) is 18.6 Å². The molecular formula is C15H24N6S. The van der Waals surface area contributed by atoms with E-state index in [1.165, 1.54) is 0 Å². The number of hydrogen-bond donors (Lipinski definition) is 2. The van der Waals surface area contributed by atoms with Crippen molar-refractivity contribution in [1.82, 2.24) is 25.2 Å². The third kappa shape index (κ3) is 5.14. The van der Waals surface area contributed by atoms with Crippen LogP contribution in [0.3, 0.4) is 0 Å². The zero-order valence-electron chi connectivity index (χ0n) is 13.4. The van der Waals surface area contributed by atoms with Gasteiger partial charge >= 0.3 is 0 Å². The van der Waals surface area contributed by atoms with E-state index >= 15 is 0 Å². The molecule has 22 heavy (non-hydrogen) atoms. The fourth-order valence-corrected chi connectivity index (χ4v) is 2.75. The smallest absolute Gasteiger partial charge is 0.191 e. The van der Waals surface area contributed by atoms with E-state index in [0.29, 0.717) is 12.5 Å². The summed E-state index contributed by atoms with van der Waals surface area (Å²) < 4.78 is 2.03. The van der Waals surface area contributed by atoms with Gasteiger partial charge in [-0.15, -0.1) is 11.3 Å². The highest BCUT2D eigenvalue weighted by atomic mass is 32.1. The Labute approximate surface area is 135 Å². The van der Waals surface area contributed by atoms with E-state index in [2.05, 4.69) is 51.7 Å². The number of imidazole rings is 1. The number of nitrogens with one attached hydrogen (secondary N) is 2. The molecule has 0 amide bonds. The van der Waals surface area contributed by atoms with E-state index in [1.807, 2.05) is 17.1 Å². The zero-order chi connectivity index (χ0) is 15.8. The van der Waals surface area contributed by atoms with Gasteiger partial charge in [-0.3, -0.25) is 0 Å². The van der Waals surface area contributed by atoms with E-state index in [4.69, 9.17) is 0 Å². The number of nitrogens with zero attached hydrogens (tertiary/aromatic N) is 4. The largest absolute Gasteiger partial charge is 0.357 e. The minimum absolute atomic E-state index is 0.468. The summed E-state index contributed by atoms with van der Waals surface area (Å²) in [6.07, 6.45) is 5.55. The second kappa shape index (κ2) is 8.53. The van der Waals surface area contributed by atoms with Crippen molar-refractivity contribution in [2.75, 3.05) is 13.1 Å². The second-order valence-corrected chi connectivity index (χ2v) is 6.19. The third-order valence-electron chi connectivity index (χ3n) is 3.10. The SMILES string of the molecule is CCNC(=NCc1nc(C(C)C)cs1)NCCn1ccnc1. The molecule has 0 fully saturated rings. The quantitative estimate of drug-likeness (QED) is 0.606. The van der Waals surface area contributed by atoms with E-state index < -0.39 is 0 Å². The number of aromatic nitrogens is 3. The monoisotopic (exact) mass is 320 g/mol. The van der Waals surface area contributed by atoms with Crippen LogP contribution in [-0.4, -0.2) is 33.6 Å². The van der Waals surface area contributed by atoms with E-state index in [9.17, 15) is 0 Å². The zero-order valence-corrected chi connectivity index (χ0v) is 14.2. The summed E-state index contributed by atoms with van der Waals surface area (Å²) in [7, 11) is 0. The van der Waals surface area contributed by atoms with Crippen molar-refractivity contribution < 1.29 is 0 Å². The number of hydrogen-bond acceptors (Lipinski definition) is 4. The van der Waals surface area contributed by atoms with Crippen molar-refractivity contribution in [3.8, 4) is 0 Å². The molecule has 2 heterocycles. The van der Waals surface area contributed by atoms with Gasteiger partial charge < -0.3 is 15.2 Å². The molecule has 0 aliphatic rings. The van der Waals surface area contributed by atoms with Crippen molar-refractivity contribution in [2.45, 2.75) is 39.8 Å². The molecular weight excluding hydrogens is 296 g/mol. The first-order valence-corrected chi connectivity index (χ1v) is 8.49. The summed E-state index contributed by atoms with van der Waals surface area (Å²) in [5.74, 6) is 1.29. The van der Waals surface area contributed by atoms with Gasteiger partial charge in [-0.05, 0) is 12.8 Å². The maximum atomic E-state index is 4.61. The highest BCUT2D eigenvalue weighted by Gasteiger charge is 2.05. The van der Waals surface area contributed by atoms with Crippen LogP contribution in [0.2, 0.25) is 0 Å². The number of thiazole rings is 1. The molecule has 0 radical (unpaired) electrons. The molecule has 0 saturated carbocycles. The van der Waals surface area contributed by atoms with Gasteiger partial charge in [0.2, 0.25) is 0 Å². The first-order valence-electron chi connectivity index (χ1n) is 7.61. The molecule has 0 aromatic carbocycles. The predicted molar refractivity (Wildman–Crippen MR) is 91.2 cm³/mol. The summed E-state index contributed by atoms with van der Waals surface area (Å²) in [5.41, 5.74) is 1.15. The molecule has 2 N–H and O–H groups in total. The topological polar surface area (TPSA) is 67.1 Å². The summed E-state index contributed by atoms with van der Waals surface area (Å²) in [6, 6.07) is 0. The molecule has 0 aliphatic carbocycles. The molecule has 2 rings (SSSR count).